The topological polar surface area (TPSA) is 87.5 Å². The molecule has 0 bridgehead atoms. The first-order valence-electron chi connectivity index (χ1n) is 7.68. The maximum Gasteiger partial charge on any atom is 0.319 e. The molecule has 22 heavy (non-hydrogen) atoms. The van der Waals surface area contributed by atoms with E-state index in [0.29, 0.717) is 24.3 Å². The third-order valence-corrected chi connectivity index (χ3v) is 3.57. The van der Waals surface area contributed by atoms with Crippen LogP contribution >= 0.6 is 0 Å². The number of nitrogens with zero attached hydrogens (tertiary/aromatic N) is 1. The van der Waals surface area contributed by atoms with Crippen LogP contribution in [0.2, 0.25) is 0 Å². The largest absolute Gasteiger partial charge is 0.337 e. The highest BCUT2D eigenvalue weighted by molar-refractivity contribution is 6.03. The summed E-state index contributed by atoms with van der Waals surface area (Å²) in [5.41, 5.74) is 6.96. The van der Waals surface area contributed by atoms with Gasteiger partial charge in [0.05, 0.1) is 11.3 Å². The Kier molecular flexibility index (Phi) is 5.38. The predicted molar refractivity (Wildman–Crippen MR) is 86.8 cm³/mol. The summed E-state index contributed by atoms with van der Waals surface area (Å²) in [5.74, 6) is -0.0874. The molecule has 1 saturated heterocycles. The minimum Gasteiger partial charge on any atom is -0.337 e. The lowest BCUT2D eigenvalue weighted by molar-refractivity contribution is 0.0710. The third-order valence-electron chi connectivity index (χ3n) is 3.57. The zero-order valence-corrected chi connectivity index (χ0v) is 13.1. The smallest absolute Gasteiger partial charge is 0.319 e. The van der Waals surface area contributed by atoms with E-state index in [2.05, 4.69) is 10.6 Å². The van der Waals surface area contributed by atoms with E-state index in [1.807, 2.05) is 13.8 Å². The molecule has 1 fully saturated rings. The summed E-state index contributed by atoms with van der Waals surface area (Å²) >= 11 is 0. The second-order valence-corrected chi connectivity index (χ2v) is 5.95. The Labute approximate surface area is 131 Å². The summed E-state index contributed by atoms with van der Waals surface area (Å²) in [5, 5.41) is 5.49. The van der Waals surface area contributed by atoms with Crippen LogP contribution in [0.5, 0.6) is 0 Å². The summed E-state index contributed by atoms with van der Waals surface area (Å²) in [6.07, 6.45) is 1.86. The van der Waals surface area contributed by atoms with Crippen molar-refractivity contribution in [3.63, 3.8) is 0 Å². The van der Waals surface area contributed by atoms with Crippen molar-refractivity contribution in [2.45, 2.75) is 38.8 Å². The predicted octanol–water partition coefficient (Wildman–Crippen LogP) is 1.78. The zero-order chi connectivity index (χ0) is 16.1. The summed E-state index contributed by atoms with van der Waals surface area (Å²) in [6.45, 7) is 5.03. The van der Waals surface area contributed by atoms with Gasteiger partial charge in [-0.1, -0.05) is 12.1 Å². The van der Waals surface area contributed by atoms with Gasteiger partial charge in [-0.3, -0.25) is 4.79 Å². The number of para-hydroxylation sites is 1. The minimum absolute atomic E-state index is 0.0297. The molecule has 1 aliphatic heterocycles. The summed E-state index contributed by atoms with van der Waals surface area (Å²) in [6, 6.07) is 6.80. The first-order chi connectivity index (χ1) is 10.5. The molecule has 2 rings (SSSR count). The number of rotatable bonds is 3. The molecule has 0 spiro atoms. The molecule has 4 N–H and O–H groups in total. The monoisotopic (exact) mass is 304 g/mol. The summed E-state index contributed by atoms with van der Waals surface area (Å²) < 4.78 is 0. The van der Waals surface area contributed by atoms with E-state index in [-0.39, 0.29) is 24.0 Å². The molecule has 0 saturated carbocycles. The number of hydrogen-bond donors (Lipinski definition) is 3. The van der Waals surface area contributed by atoms with Crippen molar-refractivity contribution in [2.75, 3.05) is 18.4 Å². The number of nitrogens with two attached hydrogens (primary N) is 1. The molecule has 6 nitrogen and oxygen atoms in total. The second-order valence-electron chi connectivity index (χ2n) is 5.95. The Morgan fingerprint density at radius 2 is 2.05 bits per heavy atom. The van der Waals surface area contributed by atoms with Crippen LogP contribution < -0.4 is 16.4 Å². The lowest BCUT2D eigenvalue weighted by Gasteiger charge is -2.31. The quantitative estimate of drug-likeness (QED) is 0.795. The number of nitrogens with one attached hydrogen (secondary N) is 2. The van der Waals surface area contributed by atoms with Gasteiger partial charge in [-0.05, 0) is 38.8 Å². The highest BCUT2D eigenvalue weighted by atomic mass is 16.2. The molecule has 0 aliphatic carbocycles. The standard InChI is InChI=1S/C16H24N4O2/c1-11(2)18-16(22)19-14-8-4-3-7-13(14)15(21)20-9-5-6-12(17)10-20/h3-4,7-8,11-12H,5-6,9-10,17H2,1-2H3,(H2,18,19,22). The fourth-order valence-electron chi connectivity index (χ4n) is 2.56. The number of benzene rings is 1. The van der Waals surface area contributed by atoms with Gasteiger partial charge in [0, 0.05) is 25.2 Å². The molecule has 1 aromatic carbocycles. The van der Waals surface area contributed by atoms with E-state index >= 15 is 0 Å². The molecule has 1 unspecified atom stereocenters. The molecule has 1 heterocycles. The molecule has 0 radical (unpaired) electrons. The highest BCUT2D eigenvalue weighted by Crippen LogP contribution is 2.19. The molecule has 3 amide bonds. The molecule has 6 heteroatoms. The van der Waals surface area contributed by atoms with Gasteiger partial charge in [-0.2, -0.15) is 0 Å². The number of urea groups is 1. The number of amides is 3. The molecule has 1 atom stereocenters. The van der Waals surface area contributed by atoms with E-state index < -0.39 is 0 Å². The lowest BCUT2D eigenvalue weighted by atomic mass is 10.0. The van der Waals surface area contributed by atoms with Crippen molar-refractivity contribution < 1.29 is 9.59 Å². The van der Waals surface area contributed by atoms with Gasteiger partial charge in [0.15, 0.2) is 0 Å². The maximum atomic E-state index is 12.7. The lowest BCUT2D eigenvalue weighted by Crippen LogP contribution is -2.46. The number of carbonyl (C=O) groups excluding carboxylic acids is 2. The van der Waals surface area contributed by atoms with Gasteiger partial charge >= 0.3 is 6.03 Å². The number of likely N-dealkylation sites (tertiary alicyclic amines) is 1. The van der Waals surface area contributed by atoms with Gasteiger partial charge in [-0.25, -0.2) is 4.79 Å². The van der Waals surface area contributed by atoms with Crippen molar-refractivity contribution in [1.82, 2.24) is 10.2 Å². The Bertz CT molecular complexity index is 545. The van der Waals surface area contributed by atoms with Crippen molar-refractivity contribution in [2.24, 2.45) is 5.73 Å². The van der Waals surface area contributed by atoms with Crippen molar-refractivity contribution in [3.05, 3.63) is 29.8 Å². The SMILES string of the molecule is CC(C)NC(=O)Nc1ccccc1C(=O)N1CCCC(N)C1. The summed E-state index contributed by atoms with van der Waals surface area (Å²) in [4.78, 5) is 26.3. The number of carbonyl (C=O) groups is 2. The van der Waals surface area contributed by atoms with E-state index in [0.717, 1.165) is 12.8 Å². The van der Waals surface area contributed by atoms with E-state index in [1.54, 1.807) is 29.2 Å². The van der Waals surface area contributed by atoms with Gasteiger partial charge in [0.25, 0.3) is 5.91 Å². The van der Waals surface area contributed by atoms with Crippen LogP contribution in [0.3, 0.4) is 0 Å². The van der Waals surface area contributed by atoms with Gasteiger partial charge in [0.1, 0.15) is 0 Å². The third kappa shape index (κ3) is 4.21. The van der Waals surface area contributed by atoms with Crippen molar-refractivity contribution >= 4 is 17.6 Å². The average molecular weight is 304 g/mol. The van der Waals surface area contributed by atoms with Crippen LogP contribution in [-0.2, 0) is 0 Å². The van der Waals surface area contributed by atoms with Crippen LogP contribution in [0.1, 0.15) is 37.0 Å². The van der Waals surface area contributed by atoms with Gasteiger partial charge in [0.2, 0.25) is 0 Å². The Morgan fingerprint density at radius 3 is 2.73 bits per heavy atom. The first kappa shape index (κ1) is 16.3. The van der Waals surface area contributed by atoms with Gasteiger partial charge in [-0.15, -0.1) is 0 Å². The average Bonchev–Trinajstić information content (AvgIpc) is 2.46. The highest BCUT2D eigenvalue weighted by Gasteiger charge is 2.24. The van der Waals surface area contributed by atoms with Gasteiger partial charge < -0.3 is 21.3 Å². The zero-order valence-electron chi connectivity index (χ0n) is 13.1. The normalized spacial score (nSPS) is 18.2. The van der Waals surface area contributed by atoms with E-state index in [1.165, 1.54) is 0 Å². The van der Waals surface area contributed by atoms with Crippen LogP contribution in [0, 0.1) is 0 Å². The number of piperidine rings is 1. The molecule has 0 aromatic heterocycles. The molecular weight excluding hydrogens is 280 g/mol. The number of hydrogen-bond acceptors (Lipinski definition) is 3. The second kappa shape index (κ2) is 7.26. The van der Waals surface area contributed by atoms with Crippen molar-refractivity contribution in [1.29, 1.82) is 0 Å². The summed E-state index contributed by atoms with van der Waals surface area (Å²) in [7, 11) is 0. The molecule has 1 aliphatic rings. The molecular formula is C16H24N4O2. The van der Waals surface area contributed by atoms with Crippen LogP contribution in [-0.4, -0.2) is 42.0 Å². The Balaban J connectivity index is 2.13. The molecule has 1 aromatic rings. The Hall–Kier alpha value is -2.08. The van der Waals surface area contributed by atoms with Crippen molar-refractivity contribution in [3.8, 4) is 0 Å². The molecule has 120 valence electrons. The fourth-order valence-corrected chi connectivity index (χ4v) is 2.56. The van der Waals surface area contributed by atoms with Crippen LogP contribution in [0.15, 0.2) is 24.3 Å². The van der Waals surface area contributed by atoms with Crippen LogP contribution in [0.25, 0.3) is 0 Å². The Morgan fingerprint density at radius 1 is 1.32 bits per heavy atom. The minimum atomic E-state index is -0.314. The van der Waals surface area contributed by atoms with Crippen LogP contribution in [0.4, 0.5) is 10.5 Å². The first-order valence-corrected chi connectivity index (χ1v) is 7.68. The number of anilines is 1. The van der Waals surface area contributed by atoms with E-state index in [9.17, 15) is 9.59 Å². The van der Waals surface area contributed by atoms with E-state index in [4.69, 9.17) is 5.73 Å². The maximum absolute atomic E-state index is 12.7. The fraction of sp³-hybridized carbons (Fsp3) is 0.500.